The second kappa shape index (κ2) is 4.47. The van der Waals surface area contributed by atoms with Crippen molar-refractivity contribution >= 4 is 37.0 Å². The van der Waals surface area contributed by atoms with E-state index in [-0.39, 0.29) is 0 Å². The van der Waals surface area contributed by atoms with E-state index in [4.69, 9.17) is 0 Å². The van der Waals surface area contributed by atoms with Gasteiger partial charge in [0, 0.05) is 12.6 Å². The Balaban J connectivity index is 1.90. The van der Waals surface area contributed by atoms with Crippen LogP contribution in [0.2, 0.25) is 0 Å². The van der Waals surface area contributed by atoms with E-state index in [0.717, 1.165) is 12.5 Å². The topological polar surface area (TPSA) is 32.3 Å². The van der Waals surface area contributed by atoms with Gasteiger partial charge in [-0.2, -0.15) is 20.3 Å². The van der Waals surface area contributed by atoms with Crippen molar-refractivity contribution in [1.29, 1.82) is 0 Å². The van der Waals surface area contributed by atoms with Crippen LogP contribution in [0.25, 0.3) is 0 Å². The van der Waals surface area contributed by atoms with E-state index in [9.17, 15) is 4.79 Å². The highest BCUT2D eigenvalue weighted by molar-refractivity contribution is 14.1. The molecule has 1 N–H and O–H groups in total. The Kier molecular flexibility index (Phi) is 3.52. The lowest BCUT2D eigenvalue weighted by Crippen LogP contribution is -2.57. The van der Waals surface area contributed by atoms with Gasteiger partial charge < -0.3 is 10.2 Å². The van der Waals surface area contributed by atoms with Gasteiger partial charge in [-0.25, -0.2) is 0 Å². The van der Waals surface area contributed by atoms with Gasteiger partial charge in [0.1, 0.15) is 4.77 Å². The smallest absolute Gasteiger partial charge is 0.367 e. The van der Waals surface area contributed by atoms with Crippen molar-refractivity contribution in [2.75, 3.05) is 19.6 Å². The van der Waals surface area contributed by atoms with Gasteiger partial charge in [-0.1, -0.05) is 0 Å². The fourth-order valence-corrected chi connectivity index (χ4v) is 3.37. The Hall–Kier alpha value is 0.692. The molecule has 5 heteroatoms. The maximum absolute atomic E-state index is 11.3. The van der Waals surface area contributed by atoms with Gasteiger partial charge in [-0.15, -0.1) is 0 Å². The highest BCUT2D eigenvalue weighted by Gasteiger charge is 2.34. The number of fused-ring (bicyclic) bond motifs is 3. The van der Waals surface area contributed by atoms with Crippen LogP contribution in [0.15, 0.2) is 0 Å². The summed E-state index contributed by atoms with van der Waals surface area (Å²) in [6.07, 6.45) is 2.57. The number of halogens is 1. The molecule has 0 aromatic carbocycles. The van der Waals surface area contributed by atoms with Crippen molar-refractivity contribution in [2.45, 2.75) is 18.9 Å². The lowest BCUT2D eigenvalue weighted by Gasteiger charge is -2.45. The number of piperidine rings is 3. The van der Waals surface area contributed by atoms with Gasteiger partial charge in [0.25, 0.3) is 0 Å². The molecule has 3 rings (SSSR count). The molecule has 3 aliphatic rings. The predicted octanol–water partition coefficient (Wildman–Crippen LogP) is 0.577. The molecule has 0 aromatic heterocycles. The van der Waals surface area contributed by atoms with Crippen molar-refractivity contribution in [2.24, 2.45) is 5.92 Å². The Morgan fingerprint density at radius 3 is 2.62 bits per heavy atom. The molecule has 13 heavy (non-hydrogen) atoms. The van der Waals surface area contributed by atoms with Gasteiger partial charge in [0.2, 0.25) is 0 Å². The first-order valence-corrected chi connectivity index (χ1v) is 10.7. The minimum atomic E-state index is -0.521. The van der Waals surface area contributed by atoms with Gasteiger partial charge in [-0.3, -0.25) is 4.79 Å². The van der Waals surface area contributed by atoms with Crippen LogP contribution in [0.5, 0.6) is 0 Å². The van der Waals surface area contributed by atoms with Crippen LogP contribution in [0.1, 0.15) is 12.8 Å². The summed E-state index contributed by atoms with van der Waals surface area (Å²) < 4.78 is 0.333. The summed E-state index contributed by atoms with van der Waals surface area (Å²) in [5.41, 5.74) is 0. The third kappa shape index (κ3) is 2.38. The number of carbonyl (C=O) groups excluding carboxylic acids is 1. The molecule has 0 aromatic rings. The monoisotopic (exact) mass is 308 g/mol. The molecule has 0 spiro atoms. The SMILES string of the molecule is O=[C](NC1CN2CCC1CC2)[AlH][I]. The molecule has 2 bridgehead atoms. The molecule has 0 radical (unpaired) electrons. The number of nitrogens with zero attached hydrogens (tertiary/aromatic N) is 1. The number of rotatable bonds is 2. The van der Waals surface area contributed by atoms with Crippen LogP contribution in [0.3, 0.4) is 0 Å². The molecule has 3 saturated heterocycles. The molecule has 1 amide bonds. The van der Waals surface area contributed by atoms with E-state index in [0.29, 0.717) is 10.8 Å². The average Bonchev–Trinajstić information content (AvgIpc) is 2.19. The average molecular weight is 308 g/mol. The van der Waals surface area contributed by atoms with E-state index < -0.39 is 11.9 Å². The maximum Gasteiger partial charge on any atom is 0.467 e. The second-order valence-corrected chi connectivity index (χ2v) is 7.14. The van der Waals surface area contributed by atoms with Crippen LogP contribution in [-0.2, 0) is 0 Å². The Labute approximate surface area is 96.0 Å². The number of carbonyl (C=O) groups is 1. The Morgan fingerprint density at radius 1 is 1.46 bits per heavy atom. The Morgan fingerprint density at radius 2 is 2.15 bits per heavy atom. The number of hydrogen-bond acceptors (Lipinski definition) is 2. The lowest BCUT2D eigenvalue weighted by molar-refractivity contribution is 0.0784. The van der Waals surface area contributed by atoms with Gasteiger partial charge in [0.05, 0.1) is 0 Å². The minimum Gasteiger partial charge on any atom is -0.367 e. The van der Waals surface area contributed by atoms with Crippen molar-refractivity contribution in [3.8, 4) is 0 Å². The molecule has 3 heterocycles. The molecular formula is C8H14AlIN2O. The summed E-state index contributed by atoms with van der Waals surface area (Å²) in [6, 6.07) is 0.470. The molecule has 3 fully saturated rings. The standard InChI is InChI=1S/C8H13N2O.Al.HI.H/c11-6-9-8-5-10-3-1-7(8)2-4-10;;;/h7-8H,1-5H2,(H,9,11);;1H;/q;+1;;/p-1. The maximum atomic E-state index is 11.3. The summed E-state index contributed by atoms with van der Waals surface area (Å²) in [6.45, 7) is 3.60. The number of amides is 1. The fourth-order valence-electron chi connectivity index (χ4n) is 2.37. The highest BCUT2D eigenvalue weighted by Crippen LogP contribution is 2.27. The van der Waals surface area contributed by atoms with Gasteiger partial charge in [-0.05, 0) is 31.8 Å². The molecule has 0 saturated carbocycles. The van der Waals surface area contributed by atoms with Crippen LogP contribution in [-0.4, -0.2) is 47.3 Å². The number of nitrogens with one attached hydrogen (secondary N) is 1. The molecule has 0 aliphatic carbocycles. The summed E-state index contributed by atoms with van der Waals surface area (Å²) in [7, 11) is 0. The van der Waals surface area contributed by atoms with Crippen molar-refractivity contribution in [3.05, 3.63) is 0 Å². The summed E-state index contributed by atoms with van der Waals surface area (Å²) in [4.78, 5) is 13.8. The molecule has 72 valence electrons. The second-order valence-electron chi connectivity index (χ2n) is 3.95. The van der Waals surface area contributed by atoms with E-state index in [1.165, 1.54) is 25.9 Å². The van der Waals surface area contributed by atoms with E-state index >= 15 is 0 Å². The summed E-state index contributed by atoms with van der Waals surface area (Å²) >= 11 is 1.73. The lowest BCUT2D eigenvalue weighted by atomic mass is 9.84. The zero-order chi connectivity index (χ0) is 9.26. The highest BCUT2D eigenvalue weighted by atomic mass is 127. The van der Waals surface area contributed by atoms with Gasteiger partial charge >= 0.3 is 11.9 Å². The van der Waals surface area contributed by atoms with E-state index in [2.05, 4.69) is 30.5 Å². The zero-order valence-corrected chi connectivity index (χ0v) is 11.2. The summed E-state index contributed by atoms with van der Waals surface area (Å²) in [5, 5.41) is 3.17. The molecule has 1 unspecified atom stereocenters. The van der Waals surface area contributed by atoms with Crippen molar-refractivity contribution in [3.63, 3.8) is 0 Å². The van der Waals surface area contributed by atoms with Crippen molar-refractivity contribution in [1.82, 2.24) is 10.2 Å². The first kappa shape index (κ1) is 10.2. The van der Waals surface area contributed by atoms with Crippen LogP contribution in [0, 0.1) is 5.92 Å². The quantitative estimate of drug-likeness (QED) is 0.598. The largest absolute Gasteiger partial charge is 0.467 e. The van der Waals surface area contributed by atoms with E-state index in [1.54, 1.807) is 0 Å². The first-order chi connectivity index (χ1) is 6.29. The third-order valence-electron chi connectivity index (χ3n) is 3.12. The van der Waals surface area contributed by atoms with Crippen molar-refractivity contribution < 1.29 is 4.79 Å². The normalized spacial score (nSPS) is 37.2. The van der Waals surface area contributed by atoms with Gasteiger partial charge in [0.15, 0.2) is 0 Å². The zero-order valence-electron chi connectivity index (χ0n) is 7.63. The van der Waals surface area contributed by atoms with Crippen LogP contribution >= 0.6 is 20.3 Å². The van der Waals surface area contributed by atoms with Crippen LogP contribution in [0.4, 0.5) is 4.79 Å². The minimum absolute atomic E-state index is 0.333. The third-order valence-corrected chi connectivity index (χ3v) is 5.65. The number of hydrogen-bond donors (Lipinski definition) is 1. The first-order valence-electron chi connectivity index (χ1n) is 4.87. The van der Waals surface area contributed by atoms with E-state index in [1.807, 2.05) is 0 Å². The predicted molar refractivity (Wildman–Crippen MR) is 62.7 cm³/mol. The Bertz CT molecular complexity index is 206. The molecule has 1 atom stereocenters. The molecular weight excluding hydrogens is 294 g/mol. The molecule has 3 nitrogen and oxygen atoms in total. The van der Waals surface area contributed by atoms with Crippen LogP contribution < -0.4 is 5.32 Å². The fraction of sp³-hybridized carbons (Fsp3) is 0.875. The molecule has 3 aliphatic heterocycles. The summed E-state index contributed by atoms with van der Waals surface area (Å²) in [5.74, 6) is 0.769.